The van der Waals surface area contributed by atoms with E-state index in [0.29, 0.717) is 24.9 Å². The Kier molecular flexibility index (Phi) is 6.81. The quantitative estimate of drug-likeness (QED) is 0.380. The van der Waals surface area contributed by atoms with Gasteiger partial charge in [-0.2, -0.15) is 13.2 Å². The van der Waals surface area contributed by atoms with Gasteiger partial charge >= 0.3 is 6.18 Å². The van der Waals surface area contributed by atoms with Gasteiger partial charge in [0.1, 0.15) is 11.9 Å². The van der Waals surface area contributed by atoms with Gasteiger partial charge in [0.15, 0.2) is 0 Å². The molecule has 1 heterocycles. The number of ether oxygens (including phenoxy) is 1. The van der Waals surface area contributed by atoms with Gasteiger partial charge in [-0.15, -0.1) is 0 Å². The third-order valence-electron chi connectivity index (χ3n) is 9.66. The highest BCUT2D eigenvalue weighted by atomic mass is 19.4. The Hall–Kier alpha value is -1.10. The first-order valence-electron chi connectivity index (χ1n) is 13.2. The fourth-order valence-electron chi connectivity index (χ4n) is 7.81. The maximum Gasteiger partial charge on any atom is 0.412 e. The van der Waals surface area contributed by atoms with E-state index in [-0.39, 0.29) is 6.08 Å². The summed E-state index contributed by atoms with van der Waals surface area (Å²) >= 11 is 0. The zero-order valence-corrected chi connectivity index (χ0v) is 19.7. The molecule has 5 rings (SSSR count). The molecule has 1 saturated heterocycles. The Bertz CT molecular complexity index is 772. The molecule has 0 amide bonds. The van der Waals surface area contributed by atoms with Crippen LogP contribution in [0.3, 0.4) is 0 Å². The topological polar surface area (TPSA) is 9.23 Å². The average Bonchev–Trinajstić information content (AvgIpc) is 3.51. The molecule has 1 aliphatic heterocycles. The van der Waals surface area contributed by atoms with Crippen LogP contribution in [-0.4, -0.2) is 18.9 Å². The Balaban J connectivity index is 1.03. The number of fused-ring (bicyclic) bond motifs is 1. The second-order valence-electron chi connectivity index (χ2n) is 11.6. The minimum Gasteiger partial charge on any atom is -0.371 e. The van der Waals surface area contributed by atoms with Gasteiger partial charge in [-0.05, 0) is 118 Å². The van der Waals surface area contributed by atoms with Crippen LogP contribution in [0.5, 0.6) is 0 Å². The molecule has 0 aromatic carbocycles. The SMILES string of the molecule is CC1=CC2C(C3CCC(C4CCC(C5CCC(/C(F)=C/C(F)(F)F)OC5)CC4)CC3)[C@@H]2C=C1. The van der Waals surface area contributed by atoms with E-state index in [2.05, 4.69) is 25.2 Å². The number of allylic oxidation sites excluding steroid dienone is 5. The van der Waals surface area contributed by atoms with Crippen molar-refractivity contribution in [3.63, 3.8) is 0 Å². The molecule has 0 aromatic heterocycles. The summed E-state index contributed by atoms with van der Waals surface area (Å²) in [6.45, 7) is 2.62. The molecule has 0 radical (unpaired) electrons. The van der Waals surface area contributed by atoms with Crippen LogP contribution in [0, 0.1) is 47.3 Å². The van der Waals surface area contributed by atoms with Gasteiger partial charge in [0.25, 0.3) is 0 Å². The van der Waals surface area contributed by atoms with E-state index >= 15 is 0 Å². The lowest BCUT2D eigenvalue weighted by atomic mass is 9.66. The smallest absolute Gasteiger partial charge is 0.371 e. The van der Waals surface area contributed by atoms with Crippen LogP contribution in [0.2, 0.25) is 0 Å². The van der Waals surface area contributed by atoms with E-state index in [4.69, 9.17) is 4.74 Å². The van der Waals surface area contributed by atoms with Gasteiger partial charge in [0, 0.05) is 0 Å². The molecule has 1 nitrogen and oxygen atoms in total. The highest BCUT2D eigenvalue weighted by Crippen LogP contribution is 2.59. The van der Waals surface area contributed by atoms with Gasteiger partial charge in [-0.1, -0.05) is 23.8 Å². The molecule has 0 aromatic rings. The minimum absolute atomic E-state index is 0.247. The number of hydrogen-bond acceptors (Lipinski definition) is 1. The van der Waals surface area contributed by atoms with Crippen molar-refractivity contribution in [2.75, 3.05) is 6.61 Å². The predicted octanol–water partition coefficient (Wildman–Crippen LogP) is 8.19. The van der Waals surface area contributed by atoms with E-state index in [1.54, 1.807) is 0 Å². The second-order valence-corrected chi connectivity index (χ2v) is 11.6. The molecule has 0 spiro atoms. The van der Waals surface area contributed by atoms with E-state index in [0.717, 1.165) is 41.9 Å². The second kappa shape index (κ2) is 9.51. The highest BCUT2D eigenvalue weighted by molar-refractivity contribution is 5.32. The number of halogens is 4. The predicted molar refractivity (Wildman–Crippen MR) is 122 cm³/mol. The zero-order chi connectivity index (χ0) is 23.2. The van der Waals surface area contributed by atoms with Crippen molar-refractivity contribution in [2.24, 2.45) is 47.3 Å². The summed E-state index contributed by atoms with van der Waals surface area (Å²) in [5.41, 5.74) is 1.44. The van der Waals surface area contributed by atoms with Crippen molar-refractivity contribution in [1.29, 1.82) is 0 Å². The molecular weight excluding hydrogens is 428 g/mol. The Morgan fingerprint density at radius 3 is 1.88 bits per heavy atom. The summed E-state index contributed by atoms with van der Waals surface area (Å²) < 4.78 is 56.5. The van der Waals surface area contributed by atoms with Crippen molar-refractivity contribution < 1.29 is 22.3 Å². The Morgan fingerprint density at radius 2 is 1.36 bits per heavy atom. The molecule has 5 aliphatic rings. The molecule has 33 heavy (non-hydrogen) atoms. The molecule has 3 saturated carbocycles. The lowest BCUT2D eigenvalue weighted by Crippen LogP contribution is -2.34. The first kappa shape index (κ1) is 23.6. The van der Waals surface area contributed by atoms with Crippen LogP contribution in [0.1, 0.15) is 71.1 Å². The monoisotopic (exact) mass is 466 g/mol. The minimum atomic E-state index is -4.62. The molecule has 4 unspecified atom stereocenters. The van der Waals surface area contributed by atoms with E-state index in [1.807, 2.05) is 0 Å². The molecule has 184 valence electrons. The van der Waals surface area contributed by atoms with Gasteiger partial charge in [-0.3, -0.25) is 0 Å². The molecule has 5 heteroatoms. The first-order valence-corrected chi connectivity index (χ1v) is 13.2. The maximum absolute atomic E-state index is 13.8. The molecule has 0 N–H and O–H groups in total. The highest BCUT2D eigenvalue weighted by Gasteiger charge is 2.52. The van der Waals surface area contributed by atoms with Crippen LogP contribution >= 0.6 is 0 Å². The molecule has 5 atom stereocenters. The summed E-state index contributed by atoms with van der Waals surface area (Å²) in [6, 6.07) is 0. The van der Waals surface area contributed by atoms with E-state index in [1.165, 1.54) is 56.9 Å². The summed E-state index contributed by atoms with van der Waals surface area (Å²) in [4.78, 5) is 0. The van der Waals surface area contributed by atoms with Crippen LogP contribution in [0.15, 0.2) is 35.7 Å². The van der Waals surface area contributed by atoms with Gasteiger partial charge < -0.3 is 4.74 Å². The van der Waals surface area contributed by atoms with Crippen LogP contribution in [0.4, 0.5) is 17.6 Å². The molecule has 4 aliphatic carbocycles. The summed E-state index contributed by atoms with van der Waals surface area (Å²) in [6.07, 6.45) is 13.1. The fraction of sp³-hybridized carbons (Fsp3) is 0.786. The number of alkyl halides is 3. The molecular formula is C28H38F4O. The lowest BCUT2D eigenvalue weighted by molar-refractivity contribution is -0.0856. The molecule has 4 fully saturated rings. The van der Waals surface area contributed by atoms with Crippen molar-refractivity contribution >= 4 is 0 Å². The standard InChI is InChI=1S/C28H38F4O/c1-17-2-12-23-24(14-17)27(23)21-9-7-19(8-10-21)18-3-5-20(6-4-18)22-11-13-26(33-16-22)25(29)15-28(30,31)32/h2,12,14-15,18-24,26-27H,3-11,13,16H2,1H3/b25-15-/t18?,19?,20?,21?,22?,23-,24?,26?,27?/m1/s1. The first-order chi connectivity index (χ1) is 15.8. The van der Waals surface area contributed by atoms with Gasteiger partial charge in [0.05, 0.1) is 12.7 Å². The third-order valence-corrected chi connectivity index (χ3v) is 9.66. The third kappa shape index (κ3) is 5.44. The molecule has 0 bridgehead atoms. The van der Waals surface area contributed by atoms with E-state index < -0.39 is 18.1 Å². The zero-order valence-electron chi connectivity index (χ0n) is 19.7. The van der Waals surface area contributed by atoms with Crippen molar-refractivity contribution in [3.05, 3.63) is 35.7 Å². The summed E-state index contributed by atoms with van der Waals surface area (Å²) in [7, 11) is 0. The summed E-state index contributed by atoms with van der Waals surface area (Å²) in [5.74, 6) is 4.97. The van der Waals surface area contributed by atoms with Gasteiger partial charge in [-0.25, -0.2) is 4.39 Å². The average molecular weight is 467 g/mol. The van der Waals surface area contributed by atoms with Crippen molar-refractivity contribution in [2.45, 2.75) is 83.4 Å². The Morgan fingerprint density at radius 1 is 0.818 bits per heavy atom. The maximum atomic E-state index is 13.8. The number of hydrogen-bond donors (Lipinski definition) is 0. The van der Waals surface area contributed by atoms with E-state index in [9.17, 15) is 17.6 Å². The van der Waals surface area contributed by atoms with Crippen LogP contribution in [0.25, 0.3) is 0 Å². The van der Waals surface area contributed by atoms with Crippen molar-refractivity contribution in [1.82, 2.24) is 0 Å². The largest absolute Gasteiger partial charge is 0.412 e. The summed E-state index contributed by atoms with van der Waals surface area (Å²) in [5, 5.41) is 0. The number of rotatable bonds is 4. The van der Waals surface area contributed by atoms with Crippen molar-refractivity contribution in [3.8, 4) is 0 Å². The fourth-order valence-corrected chi connectivity index (χ4v) is 7.81. The Labute approximate surface area is 195 Å². The lowest BCUT2D eigenvalue weighted by Gasteiger charge is -2.41. The van der Waals surface area contributed by atoms with Crippen LogP contribution in [-0.2, 0) is 4.74 Å². The van der Waals surface area contributed by atoms with Gasteiger partial charge in [0.2, 0.25) is 0 Å². The van der Waals surface area contributed by atoms with Crippen LogP contribution < -0.4 is 0 Å². The normalized spacial score (nSPS) is 44.2.